The van der Waals surface area contributed by atoms with E-state index in [0.717, 1.165) is 11.1 Å². The summed E-state index contributed by atoms with van der Waals surface area (Å²) in [5.74, 6) is -0.139. The van der Waals surface area contributed by atoms with Crippen molar-refractivity contribution in [2.24, 2.45) is 0 Å². The average Bonchev–Trinajstić information content (AvgIpc) is 3.16. The quantitative estimate of drug-likeness (QED) is 0.539. The predicted octanol–water partition coefficient (Wildman–Crippen LogP) is 2.69. The number of carbonyl (C=O) groups excluding carboxylic acids is 1. The van der Waals surface area contributed by atoms with Crippen molar-refractivity contribution >= 4 is 16.9 Å². The lowest BCUT2D eigenvalue weighted by molar-refractivity contribution is 0.0952. The Balaban J connectivity index is 1.45. The molecule has 0 atom stereocenters. The Kier molecular flexibility index (Phi) is 5.43. The lowest BCUT2D eigenvalue weighted by atomic mass is 10.1. The Bertz CT molecular complexity index is 1240. The van der Waals surface area contributed by atoms with E-state index in [4.69, 9.17) is 0 Å². The Hall–Kier alpha value is -3.74. The molecule has 0 aliphatic carbocycles. The highest BCUT2D eigenvalue weighted by atomic mass is 16.1. The third-order valence-electron chi connectivity index (χ3n) is 5.02. The predicted molar refractivity (Wildman–Crippen MR) is 116 cm³/mol. The Morgan fingerprint density at radius 2 is 1.67 bits per heavy atom. The van der Waals surface area contributed by atoms with E-state index in [1.807, 2.05) is 50.2 Å². The number of fused-ring (bicyclic) bond motifs is 1. The van der Waals surface area contributed by atoms with Crippen LogP contribution in [0.4, 0.5) is 0 Å². The SMILES string of the molecule is Cc1ccc(Cn2cnc3c(cnn3CCNC(=O)c3ccc(C)cc3)c2=O)cc1. The van der Waals surface area contributed by atoms with Gasteiger partial charge in [0.2, 0.25) is 0 Å². The Labute approximate surface area is 174 Å². The number of aryl methyl sites for hydroxylation is 2. The first-order valence-corrected chi connectivity index (χ1v) is 9.82. The molecule has 2 aromatic carbocycles. The maximum absolute atomic E-state index is 12.8. The van der Waals surface area contributed by atoms with E-state index < -0.39 is 0 Å². The lowest BCUT2D eigenvalue weighted by Gasteiger charge is -2.08. The van der Waals surface area contributed by atoms with Crippen LogP contribution >= 0.6 is 0 Å². The molecule has 2 heterocycles. The summed E-state index contributed by atoms with van der Waals surface area (Å²) in [6.07, 6.45) is 3.09. The Morgan fingerprint density at radius 3 is 2.37 bits per heavy atom. The van der Waals surface area contributed by atoms with Crippen LogP contribution in [-0.4, -0.2) is 31.8 Å². The molecule has 7 heteroatoms. The summed E-state index contributed by atoms with van der Waals surface area (Å²) in [5.41, 5.74) is 4.32. The second-order valence-corrected chi connectivity index (χ2v) is 7.39. The van der Waals surface area contributed by atoms with E-state index in [9.17, 15) is 9.59 Å². The van der Waals surface area contributed by atoms with Crippen LogP contribution in [0.5, 0.6) is 0 Å². The summed E-state index contributed by atoms with van der Waals surface area (Å²) in [4.78, 5) is 29.5. The minimum Gasteiger partial charge on any atom is -0.350 e. The molecule has 30 heavy (non-hydrogen) atoms. The fraction of sp³-hybridized carbons (Fsp3) is 0.217. The molecule has 0 aliphatic rings. The van der Waals surface area contributed by atoms with Crippen LogP contribution in [0.15, 0.2) is 65.8 Å². The number of amides is 1. The summed E-state index contributed by atoms with van der Waals surface area (Å²) >= 11 is 0. The molecule has 0 aliphatic heterocycles. The zero-order valence-electron chi connectivity index (χ0n) is 17.0. The van der Waals surface area contributed by atoms with Crippen LogP contribution in [0, 0.1) is 13.8 Å². The molecule has 0 saturated carbocycles. The molecule has 0 unspecified atom stereocenters. The molecule has 0 spiro atoms. The highest BCUT2D eigenvalue weighted by molar-refractivity contribution is 5.94. The first-order valence-electron chi connectivity index (χ1n) is 9.82. The van der Waals surface area contributed by atoms with Gasteiger partial charge in [0.25, 0.3) is 11.5 Å². The van der Waals surface area contributed by atoms with Gasteiger partial charge in [-0.1, -0.05) is 47.5 Å². The third kappa shape index (κ3) is 4.15. The highest BCUT2D eigenvalue weighted by Gasteiger charge is 2.11. The minimum atomic E-state index is -0.139. The van der Waals surface area contributed by atoms with Crippen LogP contribution < -0.4 is 10.9 Å². The number of carbonyl (C=O) groups is 1. The summed E-state index contributed by atoms with van der Waals surface area (Å²) in [6.45, 7) is 5.28. The van der Waals surface area contributed by atoms with Crippen molar-refractivity contribution in [3.63, 3.8) is 0 Å². The van der Waals surface area contributed by atoms with E-state index in [-0.39, 0.29) is 11.5 Å². The number of nitrogens with zero attached hydrogens (tertiary/aromatic N) is 4. The lowest BCUT2D eigenvalue weighted by Crippen LogP contribution is -2.27. The number of rotatable bonds is 6. The van der Waals surface area contributed by atoms with Gasteiger partial charge >= 0.3 is 0 Å². The van der Waals surface area contributed by atoms with Gasteiger partial charge in [-0.15, -0.1) is 0 Å². The molecule has 2 aromatic heterocycles. The van der Waals surface area contributed by atoms with Gasteiger partial charge in [-0.2, -0.15) is 5.10 Å². The summed E-state index contributed by atoms with van der Waals surface area (Å²) in [6, 6.07) is 15.5. The standard InChI is InChI=1S/C23H23N5O2/c1-16-3-7-18(8-4-16)14-27-15-25-21-20(23(27)30)13-26-28(21)12-11-24-22(29)19-9-5-17(2)6-10-19/h3-10,13,15H,11-12,14H2,1-2H3,(H,24,29). The van der Waals surface area contributed by atoms with Crippen molar-refractivity contribution in [1.29, 1.82) is 0 Å². The van der Waals surface area contributed by atoms with Crippen molar-refractivity contribution in [1.82, 2.24) is 24.6 Å². The number of nitrogens with one attached hydrogen (secondary N) is 1. The molecular weight excluding hydrogens is 378 g/mol. The van der Waals surface area contributed by atoms with Gasteiger partial charge in [0.05, 0.1) is 19.3 Å². The number of hydrogen-bond donors (Lipinski definition) is 1. The maximum atomic E-state index is 12.8. The van der Waals surface area contributed by atoms with Crippen molar-refractivity contribution in [2.45, 2.75) is 26.9 Å². The molecule has 1 N–H and O–H groups in total. The van der Waals surface area contributed by atoms with Crippen LogP contribution in [0.3, 0.4) is 0 Å². The molecular formula is C23H23N5O2. The highest BCUT2D eigenvalue weighted by Crippen LogP contribution is 2.08. The monoisotopic (exact) mass is 401 g/mol. The van der Waals surface area contributed by atoms with Crippen LogP contribution in [0.1, 0.15) is 27.0 Å². The van der Waals surface area contributed by atoms with E-state index >= 15 is 0 Å². The third-order valence-corrected chi connectivity index (χ3v) is 5.02. The Morgan fingerprint density at radius 1 is 1.00 bits per heavy atom. The van der Waals surface area contributed by atoms with Crippen molar-refractivity contribution in [2.75, 3.05) is 6.54 Å². The van der Waals surface area contributed by atoms with Gasteiger partial charge in [0.1, 0.15) is 11.7 Å². The molecule has 4 rings (SSSR count). The largest absolute Gasteiger partial charge is 0.350 e. The molecule has 7 nitrogen and oxygen atoms in total. The van der Waals surface area contributed by atoms with E-state index in [2.05, 4.69) is 15.4 Å². The summed E-state index contributed by atoms with van der Waals surface area (Å²) < 4.78 is 3.22. The van der Waals surface area contributed by atoms with Gasteiger partial charge < -0.3 is 5.32 Å². The van der Waals surface area contributed by atoms with E-state index in [0.29, 0.717) is 36.2 Å². The van der Waals surface area contributed by atoms with Crippen LogP contribution in [0.2, 0.25) is 0 Å². The molecule has 1 amide bonds. The zero-order chi connectivity index (χ0) is 21.1. The minimum absolute atomic E-state index is 0.129. The zero-order valence-corrected chi connectivity index (χ0v) is 17.0. The fourth-order valence-corrected chi connectivity index (χ4v) is 3.25. The van der Waals surface area contributed by atoms with E-state index in [1.165, 1.54) is 11.8 Å². The van der Waals surface area contributed by atoms with Gasteiger partial charge in [-0.25, -0.2) is 9.67 Å². The smallest absolute Gasteiger partial charge is 0.264 e. The maximum Gasteiger partial charge on any atom is 0.264 e. The van der Waals surface area contributed by atoms with Crippen LogP contribution in [0.25, 0.3) is 11.0 Å². The molecule has 4 aromatic rings. The molecule has 0 radical (unpaired) electrons. The van der Waals surface area contributed by atoms with Crippen molar-refractivity contribution in [3.8, 4) is 0 Å². The number of aromatic nitrogens is 4. The van der Waals surface area contributed by atoms with Gasteiger partial charge in [-0.05, 0) is 31.5 Å². The first-order chi connectivity index (χ1) is 14.5. The fourth-order valence-electron chi connectivity index (χ4n) is 3.25. The first kappa shape index (κ1) is 19.6. The normalized spacial score (nSPS) is 11.0. The molecule has 0 bridgehead atoms. The topological polar surface area (TPSA) is 81.8 Å². The van der Waals surface area contributed by atoms with Crippen molar-refractivity contribution in [3.05, 3.63) is 93.7 Å². The molecule has 0 saturated heterocycles. The van der Waals surface area contributed by atoms with Crippen LogP contribution in [-0.2, 0) is 13.1 Å². The molecule has 152 valence electrons. The second-order valence-electron chi connectivity index (χ2n) is 7.39. The van der Waals surface area contributed by atoms with Gasteiger partial charge in [0.15, 0.2) is 5.65 Å². The summed E-state index contributed by atoms with van der Waals surface area (Å²) in [7, 11) is 0. The number of benzene rings is 2. The second kappa shape index (κ2) is 8.32. The number of hydrogen-bond acceptors (Lipinski definition) is 4. The summed E-state index contributed by atoms with van der Waals surface area (Å²) in [5, 5.41) is 7.63. The van der Waals surface area contributed by atoms with Gasteiger partial charge in [0, 0.05) is 12.1 Å². The van der Waals surface area contributed by atoms with E-state index in [1.54, 1.807) is 27.7 Å². The van der Waals surface area contributed by atoms with Crippen molar-refractivity contribution < 1.29 is 4.79 Å². The average molecular weight is 401 g/mol. The van der Waals surface area contributed by atoms with Gasteiger partial charge in [-0.3, -0.25) is 14.2 Å². The molecule has 0 fully saturated rings.